The van der Waals surface area contributed by atoms with Gasteiger partial charge in [0.1, 0.15) is 11.6 Å². The van der Waals surface area contributed by atoms with Gasteiger partial charge in [-0.15, -0.1) is 0 Å². The molecular formula is C10H14N6O3. The van der Waals surface area contributed by atoms with Gasteiger partial charge in [-0.1, -0.05) is 0 Å². The highest BCUT2D eigenvalue weighted by Crippen LogP contribution is 2.29. The molecule has 2 aromatic rings. The lowest BCUT2D eigenvalue weighted by molar-refractivity contribution is 0.0297. The Morgan fingerprint density at radius 3 is 2.63 bits per heavy atom. The lowest BCUT2D eigenvalue weighted by atomic mass is 10.1. The summed E-state index contributed by atoms with van der Waals surface area (Å²) < 4.78 is 0. The summed E-state index contributed by atoms with van der Waals surface area (Å²) in [6.07, 6.45) is -1.91. The second-order valence-corrected chi connectivity index (χ2v) is 4.70. The van der Waals surface area contributed by atoms with Crippen LogP contribution in [0.1, 0.15) is 18.7 Å². The molecule has 3 heterocycles. The molecule has 0 unspecified atom stereocenters. The molecule has 0 aromatic carbocycles. The number of aliphatic hydroxyl groups is 2. The Bertz CT molecular complexity index is 679. The van der Waals surface area contributed by atoms with Gasteiger partial charge in [-0.25, -0.2) is 4.98 Å². The number of anilines is 1. The highest BCUT2D eigenvalue weighted by Gasteiger charge is 2.41. The van der Waals surface area contributed by atoms with Crippen molar-refractivity contribution in [3.63, 3.8) is 0 Å². The fraction of sp³-hybridized carbons (Fsp3) is 0.500. The summed E-state index contributed by atoms with van der Waals surface area (Å²) >= 11 is 0. The standard InChI is InChI=1S/C10H14N6O3/c1-2-7(17)8(18)5(12-2)4-3-6(16-15-4)9(19)14-10(11)13-3/h2,5,7-8,12,17-18H,1H3,(H,15,16)(H3,11,13,14,19)/t2-,5+,7+,8-/m1/s1. The first-order valence-corrected chi connectivity index (χ1v) is 5.85. The third-order valence-electron chi connectivity index (χ3n) is 3.41. The van der Waals surface area contributed by atoms with Crippen LogP contribution in [0.25, 0.3) is 11.0 Å². The largest absolute Gasteiger partial charge is 0.389 e. The maximum absolute atomic E-state index is 11.6. The second-order valence-electron chi connectivity index (χ2n) is 4.70. The SMILES string of the molecule is C[C@H]1N[C@@H](c2[nH]nc3c(=O)[nH]c(N)nc23)[C@@H](O)[C@H]1O. The highest BCUT2D eigenvalue weighted by molar-refractivity contribution is 5.77. The third-order valence-corrected chi connectivity index (χ3v) is 3.41. The van der Waals surface area contributed by atoms with Gasteiger partial charge in [0.25, 0.3) is 5.56 Å². The maximum Gasteiger partial charge on any atom is 0.280 e. The number of hydrogen-bond acceptors (Lipinski definition) is 7. The van der Waals surface area contributed by atoms with Crippen molar-refractivity contribution in [1.29, 1.82) is 0 Å². The quantitative estimate of drug-likeness (QED) is 0.348. The van der Waals surface area contributed by atoms with E-state index < -0.39 is 23.8 Å². The first-order valence-electron chi connectivity index (χ1n) is 5.85. The van der Waals surface area contributed by atoms with E-state index in [1.165, 1.54) is 0 Å². The summed E-state index contributed by atoms with van der Waals surface area (Å²) in [6, 6.07) is -0.860. The summed E-state index contributed by atoms with van der Waals surface area (Å²) in [5.74, 6) is -0.0266. The van der Waals surface area contributed by atoms with Gasteiger partial charge in [-0.3, -0.25) is 14.9 Å². The van der Waals surface area contributed by atoms with Crippen molar-refractivity contribution in [3.8, 4) is 0 Å². The molecule has 9 nitrogen and oxygen atoms in total. The predicted octanol–water partition coefficient (Wildman–Crippen LogP) is -2.02. The molecule has 7 N–H and O–H groups in total. The summed E-state index contributed by atoms with van der Waals surface area (Å²) in [5.41, 5.74) is 5.89. The molecule has 3 rings (SSSR count). The normalized spacial score (nSPS) is 31.1. The topological polar surface area (TPSA) is 153 Å². The molecule has 0 aliphatic carbocycles. The van der Waals surface area contributed by atoms with Gasteiger partial charge in [0, 0.05) is 6.04 Å². The molecule has 0 spiro atoms. The first-order chi connectivity index (χ1) is 8.99. The molecule has 0 bridgehead atoms. The van der Waals surface area contributed by atoms with E-state index in [9.17, 15) is 15.0 Å². The number of nitrogen functional groups attached to an aromatic ring is 1. The van der Waals surface area contributed by atoms with Crippen molar-refractivity contribution in [2.45, 2.75) is 31.2 Å². The van der Waals surface area contributed by atoms with Crippen LogP contribution in [0.5, 0.6) is 0 Å². The minimum atomic E-state index is -1.01. The number of nitrogens with two attached hydrogens (primary N) is 1. The minimum absolute atomic E-state index is 0.0266. The van der Waals surface area contributed by atoms with E-state index >= 15 is 0 Å². The van der Waals surface area contributed by atoms with Crippen LogP contribution in [-0.2, 0) is 0 Å². The molecule has 2 aromatic heterocycles. The number of aromatic nitrogens is 4. The Hall–Kier alpha value is -1.97. The number of aromatic amines is 2. The van der Waals surface area contributed by atoms with Crippen LogP contribution in [0.2, 0.25) is 0 Å². The Morgan fingerprint density at radius 2 is 2.00 bits per heavy atom. The van der Waals surface area contributed by atoms with Crippen molar-refractivity contribution >= 4 is 17.0 Å². The molecule has 4 atom stereocenters. The van der Waals surface area contributed by atoms with Gasteiger partial charge in [0.15, 0.2) is 5.52 Å². The fourth-order valence-corrected chi connectivity index (χ4v) is 2.39. The Kier molecular flexibility index (Phi) is 2.55. The summed E-state index contributed by atoms with van der Waals surface area (Å²) in [5, 5.41) is 29.3. The number of H-pyrrole nitrogens is 2. The Labute approximate surface area is 106 Å². The molecule has 19 heavy (non-hydrogen) atoms. The van der Waals surface area contributed by atoms with E-state index in [1.54, 1.807) is 6.92 Å². The predicted molar refractivity (Wildman–Crippen MR) is 66.3 cm³/mol. The van der Waals surface area contributed by atoms with Crippen molar-refractivity contribution < 1.29 is 10.2 Å². The van der Waals surface area contributed by atoms with Gasteiger partial charge >= 0.3 is 0 Å². The van der Waals surface area contributed by atoms with Gasteiger partial charge in [0.2, 0.25) is 5.95 Å². The molecule has 1 aliphatic rings. The maximum atomic E-state index is 11.6. The van der Waals surface area contributed by atoms with E-state index in [0.29, 0.717) is 11.2 Å². The summed E-state index contributed by atoms with van der Waals surface area (Å²) in [6.45, 7) is 1.75. The lowest BCUT2D eigenvalue weighted by Gasteiger charge is -2.14. The fourth-order valence-electron chi connectivity index (χ4n) is 2.39. The highest BCUT2D eigenvalue weighted by atomic mass is 16.3. The van der Waals surface area contributed by atoms with Crippen molar-refractivity contribution in [2.24, 2.45) is 0 Å². The van der Waals surface area contributed by atoms with E-state index in [-0.39, 0.29) is 17.5 Å². The van der Waals surface area contributed by atoms with Crippen LogP contribution < -0.4 is 16.6 Å². The monoisotopic (exact) mass is 266 g/mol. The molecule has 9 heteroatoms. The average molecular weight is 266 g/mol. The van der Waals surface area contributed by atoms with E-state index in [4.69, 9.17) is 5.73 Å². The smallest absolute Gasteiger partial charge is 0.280 e. The molecule has 0 radical (unpaired) electrons. The summed E-state index contributed by atoms with van der Waals surface area (Å²) in [7, 11) is 0. The number of aliphatic hydroxyl groups excluding tert-OH is 2. The van der Waals surface area contributed by atoms with Crippen molar-refractivity contribution in [1.82, 2.24) is 25.5 Å². The van der Waals surface area contributed by atoms with Crippen molar-refractivity contribution in [3.05, 3.63) is 16.0 Å². The second kappa shape index (κ2) is 4.02. The van der Waals surface area contributed by atoms with E-state index in [1.807, 2.05) is 0 Å². The van der Waals surface area contributed by atoms with Crippen LogP contribution in [0.3, 0.4) is 0 Å². The number of rotatable bonds is 1. The average Bonchev–Trinajstić information content (AvgIpc) is 2.86. The zero-order valence-corrected chi connectivity index (χ0v) is 10.1. The lowest BCUT2D eigenvalue weighted by Crippen LogP contribution is -2.29. The molecule has 1 fully saturated rings. The Morgan fingerprint density at radius 1 is 1.26 bits per heavy atom. The van der Waals surface area contributed by atoms with Gasteiger partial charge in [-0.2, -0.15) is 5.10 Å². The van der Waals surface area contributed by atoms with Gasteiger partial charge < -0.3 is 21.3 Å². The third kappa shape index (κ3) is 1.70. The van der Waals surface area contributed by atoms with Crippen LogP contribution in [0.15, 0.2) is 4.79 Å². The van der Waals surface area contributed by atoms with Crippen LogP contribution in [-0.4, -0.2) is 48.6 Å². The number of nitrogens with one attached hydrogen (secondary N) is 3. The molecule has 0 saturated carbocycles. The van der Waals surface area contributed by atoms with E-state index in [2.05, 4.69) is 25.5 Å². The van der Waals surface area contributed by atoms with Crippen LogP contribution >= 0.6 is 0 Å². The number of hydrogen-bond donors (Lipinski definition) is 6. The van der Waals surface area contributed by atoms with Crippen molar-refractivity contribution in [2.75, 3.05) is 5.73 Å². The molecule has 1 saturated heterocycles. The molecule has 0 amide bonds. The van der Waals surface area contributed by atoms with Gasteiger partial charge in [-0.05, 0) is 6.92 Å². The molecule has 1 aliphatic heterocycles. The molecule has 102 valence electrons. The Balaban J connectivity index is 2.14. The first kappa shape index (κ1) is 12.1. The number of nitrogens with zero attached hydrogens (tertiary/aromatic N) is 2. The van der Waals surface area contributed by atoms with Gasteiger partial charge in [0.05, 0.1) is 17.8 Å². The van der Waals surface area contributed by atoms with Crippen LogP contribution in [0, 0.1) is 0 Å². The summed E-state index contributed by atoms with van der Waals surface area (Å²) in [4.78, 5) is 18.0. The zero-order valence-electron chi connectivity index (χ0n) is 10.1. The van der Waals surface area contributed by atoms with Crippen LogP contribution in [0.4, 0.5) is 5.95 Å². The zero-order chi connectivity index (χ0) is 13.7. The van der Waals surface area contributed by atoms with E-state index in [0.717, 1.165) is 0 Å². The minimum Gasteiger partial charge on any atom is -0.389 e. The molecular weight excluding hydrogens is 252 g/mol. The number of fused-ring (bicyclic) bond motifs is 1.